The van der Waals surface area contributed by atoms with E-state index in [-0.39, 0.29) is 18.5 Å². The number of primary amides is 1. The highest BCUT2D eigenvalue weighted by molar-refractivity contribution is 5.86. The predicted molar refractivity (Wildman–Crippen MR) is 65.8 cm³/mol. The van der Waals surface area contributed by atoms with Crippen molar-refractivity contribution < 1.29 is 19.5 Å². The fraction of sp³-hybridized carbons (Fsp3) is 0.727. The molecule has 104 valence electrons. The Morgan fingerprint density at radius 3 is 2.00 bits per heavy atom. The summed E-state index contributed by atoms with van der Waals surface area (Å²) in [5.74, 6) is -2.01. The zero-order valence-electron chi connectivity index (χ0n) is 11.1. The monoisotopic (exact) mass is 259 g/mol. The van der Waals surface area contributed by atoms with Gasteiger partial charge < -0.3 is 21.1 Å². The number of aliphatic carboxylic acids is 1. The second-order valence-corrected chi connectivity index (χ2v) is 4.70. The average Bonchev–Trinajstić information content (AvgIpc) is 2.20. The predicted octanol–water partition coefficient (Wildman–Crippen LogP) is 0.000900. The molecule has 0 spiro atoms. The molecule has 0 aromatic rings. The molecule has 0 aliphatic carbocycles. The third-order valence-electron chi connectivity index (χ3n) is 2.42. The molecule has 0 aliphatic rings. The van der Waals surface area contributed by atoms with Crippen LogP contribution in [-0.4, -0.2) is 46.5 Å². The summed E-state index contributed by atoms with van der Waals surface area (Å²) in [6, 6.07) is -1.85. The van der Waals surface area contributed by atoms with Crippen LogP contribution in [0.2, 0.25) is 0 Å². The molecule has 0 aliphatic heterocycles. The fourth-order valence-corrected chi connectivity index (χ4v) is 1.39. The summed E-state index contributed by atoms with van der Waals surface area (Å²) >= 11 is 0. The standard InChI is InChI=1S/C11H21N3O4/c1-6(2)9(10(16)17)13-11(18)14(7(3)4)5-8(12)15/h6-7,9H,5H2,1-4H3,(H2,12,15)(H,13,18)(H,16,17). The highest BCUT2D eigenvalue weighted by atomic mass is 16.4. The van der Waals surface area contributed by atoms with Crippen LogP contribution >= 0.6 is 0 Å². The molecule has 3 amide bonds. The van der Waals surface area contributed by atoms with Crippen molar-refractivity contribution in [3.05, 3.63) is 0 Å². The molecule has 0 radical (unpaired) electrons. The number of nitrogens with one attached hydrogen (secondary N) is 1. The molecule has 0 rings (SSSR count). The lowest BCUT2D eigenvalue weighted by Gasteiger charge is -2.28. The van der Waals surface area contributed by atoms with Crippen LogP contribution in [0.25, 0.3) is 0 Å². The quantitative estimate of drug-likeness (QED) is 0.623. The first-order chi connectivity index (χ1) is 8.16. The van der Waals surface area contributed by atoms with Crippen LogP contribution in [0, 0.1) is 5.92 Å². The van der Waals surface area contributed by atoms with Gasteiger partial charge in [0.15, 0.2) is 0 Å². The summed E-state index contributed by atoms with van der Waals surface area (Å²) in [6.45, 7) is 6.56. The zero-order chi connectivity index (χ0) is 14.5. The van der Waals surface area contributed by atoms with E-state index in [2.05, 4.69) is 5.32 Å². The molecule has 0 fully saturated rings. The number of nitrogens with zero attached hydrogens (tertiary/aromatic N) is 1. The lowest BCUT2D eigenvalue weighted by atomic mass is 10.1. The molecule has 0 saturated carbocycles. The SMILES string of the molecule is CC(C)C(NC(=O)N(CC(N)=O)C(C)C)C(=O)O. The number of urea groups is 1. The minimum Gasteiger partial charge on any atom is -0.480 e. The van der Waals surface area contributed by atoms with Crippen LogP contribution in [-0.2, 0) is 9.59 Å². The van der Waals surface area contributed by atoms with E-state index < -0.39 is 23.9 Å². The van der Waals surface area contributed by atoms with E-state index in [9.17, 15) is 14.4 Å². The van der Waals surface area contributed by atoms with E-state index in [1.807, 2.05) is 0 Å². The largest absolute Gasteiger partial charge is 0.480 e. The van der Waals surface area contributed by atoms with E-state index in [1.165, 1.54) is 4.90 Å². The molecule has 1 unspecified atom stereocenters. The van der Waals surface area contributed by atoms with Crippen LogP contribution in [0.3, 0.4) is 0 Å². The number of nitrogens with two attached hydrogens (primary N) is 1. The van der Waals surface area contributed by atoms with Gasteiger partial charge in [0, 0.05) is 6.04 Å². The second kappa shape index (κ2) is 6.83. The molecule has 0 saturated heterocycles. The molecular formula is C11H21N3O4. The Hall–Kier alpha value is -1.79. The third-order valence-corrected chi connectivity index (χ3v) is 2.42. The Morgan fingerprint density at radius 1 is 1.22 bits per heavy atom. The lowest BCUT2D eigenvalue weighted by Crippen LogP contribution is -2.53. The van der Waals surface area contributed by atoms with Crippen molar-refractivity contribution >= 4 is 17.9 Å². The number of hydrogen-bond donors (Lipinski definition) is 3. The number of carbonyl (C=O) groups excluding carboxylic acids is 2. The van der Waals surface area contributed by atoms with Gasteiger partial charge in [-0.15, -0.1) is 0 Å². The summed E-state index contributed by atoms with van der Waals surface area (Å²) in [6.07, 6.45) is 0. The van der Waals surface area contributed by atoms with Gasteiger partial charge in [-0.3, -0.25) is 4.79 Å². The molecule has 0 aromatic carbocycles. The van der Waals surface area contributed by atoms with E-state index in [4.69, 9.17) is 10.8 Å². The summed E-state index contributed by atoms with van der Waals surface area (Å²) in [4.78, 5) is 34.9. The number of amides is 3. The number of hydrogen-bond acceptors (Lipinski definition) is 3. The van der Waals surface area contributed by atoms with Gasteiger partial charge in [-0.25, -0.2) is 9.59 Å². The van der Waals surface area contributed by atoms with Gasteiger partial charge in [0.2, 0.25) is 5.91 Å². The summed E-state index contributed by atoms with van der Waals surface area (Å²) in [7, 11) is 0. The van der Waals surface area contributed by atoms with Crippen molar-refractivity contribution in [3.63, 3.8) is 0 Å². The number of carbonyl (C=O) groups is 3. The fourth-order valence-electron chi connectivity index (χ4n) is 1.39. The van der Waals surface area contributed by atoms with E-state index in [1.54, 1.807) is 27.7 Å². The molecular weight excluding hydrogens is 238 g/mol. The Morgan fingerprint density at radius 2 is 1.72 bits per heavy atom. The Bertz CT molecular complexity index is 328. The molecule has 7 heteroatoms. The van der Waals surface area contributed by atoms with Crippen LogP contribution in [0.4, 0.5) is 4.79 Å². The van der Waals surface area contributed by atoms with Gasteiger partial charge in [0.1, 0.15) is 12.6 Å². The number of carboxylic acid groups (broad SMARTS) is 1. The summed E-state index contributed by atoms with van der Waals surface area (Å²) < 4.78 is 0. The summed E-state index contributed by atoms with van der Waals surface area (Å²) in [5, 5.41) is 11.4. The van der Waals surface area contributed by atoms with Gasteiger partial charge in [-0.1, -0.05) is 13.8 Å². The first kappa shape index (κ1) is 16.2. The van der Waals surface area contributed by atoms with Gasteiger partial charge >= 0.3 is 12.0 Å². The van der Waals surface area contributed by atoms with E-state index >= 15 is 0 Å². The molecule has 7 nitrogen and oxygen atoms in total. The number of carboxylic acids is 1. The Kier molecular flexibility index (Phi) is 6.15. The maximum Gasteiger partial charge on any atom is 0.326 e. The average molecular weight is 259 g/mol. The van der Waals surface area contributed by atoms with Crippen molar-refractivity contribution in [3.8, 4) is 0 Å². The minimum absolute atomic E-state index is 0.242. The maximum absolute atomic E-state index is 11.9. The highest BCUT2D eigenvalue weighted by Crippen LogP contribution is 2.05. The first-order valence-corrected chi connectivity index (χ1v) is 5.75. The van der Waals surface area contributed by atoms with Crippen molar-refractivity contribution in [1.82, 2.24) is 10.2 Å². The van der Waals surface area contributed by atoms with Gasteiger partial charge in [-0.05, 0) is 19.8 Å². The van der Waals surface area contributed by atoms with E-state index in [0.717, 1.165) is 0 Å². The molecule has 18 heavy (non-hydrogen) atoms. The summed E-state index contributed by atoms with van der Waals surface area (Å²) in [5.41, 5.74) is 5.04. The molecule has 0 aromatic heterocycles. The van der Waals surface area contributed by atoms with Crippen LogP contribution in [0.15, 0.2) is 0 Å². The van der Waals surface area contributed by atoms with Crippen LogP contribution < -0.4 is 11.1 Å². The first-order valence-electron chi connectivity index (χ1n) is 5.75. The van der Waals surface area contributed by atoms with Gasteiger partial charge in [-0.2, -0.15) is 0 Å². The third kappa shape index (κ3) is 5.03. The van der Waals surface area contributed by atoms with Crippen molar-refractivity contribution in [1.29, 1.82) is 0 Å². The highest BCUT2D eigenvalue weighted by Gasteiger charge is 2.27. The molecule has 0 bridgehead atoms. The van der Waals surface area contributed by atoms with Crippen LogP contribution in [0.1, 0.15) is 27.7 Å². The van der Waals surface area contributed by atoms with Gasteiger partial charge in [0.05, 0.1) is 0 Å². The Labute approximate surface area is 106 Å². The van der Waals surface area contributed by atoms with E-state index in [0.29, 0.717) is 0 Å². The Balaban J connectivity index is 4.77. The lowest BCUT2D eigenvalue weighted by molar-refractivity contribution is -0.140. The van der Waals surface area contributed by atoms with Crippen molar-refractivity contribution in [2.24, 2.45) is 11.7 Å². The second-order valence-electron chi connectivity index (χ2n) is 4.70. The molecule has 4 N–H and O–H groups in total. The normalized spacial score (nSPS) is 12.3. The number of rotatable bonds is 6. The van der Waals surface area contributed by atoms with Crippen LogP contribution in [0.5, 0.6) is 0 Å². The zero-order valence-corrected chi connectivity index (χ0v) is 11.1. The van der Waals surface area contributed by atoms with Gasteiger partial charge in [0.25, 0.3) is 0 Å². The maximum atomic E-state index is 11.9. The van der Waals surface area contributed by atoms with Crippen molar-refractivity contribution in [2.75, 3.05) is 6.54 Å². The molecule has 0 heterocycles. The topological polar surface area (TPSA) is 113 Å². The minimum atomic E-state index is -1.11. The smallest absolute Gasteiger partial charge is 0.326 e. The van der Waals surface area contributed by atoms with Crippen molar-refractivity contribution in [2.45, 2.75) is 39.8 Å². The molecule has 1 atom stereocenters.